The molecule has 6 heteroatoms. The van der Waals surface area contributed by atoms with Gasteiger partial charge in [-0.2, -0.15) is 0 Å². The summed E-state index contributed by atoms with van der Waals surface area (Å²) in [7, 11) is 3.42. The van der Waals surface area contributed by atoms with Gasteiger partial charge in [-0.05, 0) is 30.7 Å². The number of nitrogens with zero attached hydrogens (tertiary/aromatic N) is 1. The van der Waals surface area contributed by atoms with Gasteiger partial charge in [0.1, 0.15) is 23.7 Å². The number of aryl methyl sites for hydroxylation is 1. The maximum absolute atomic E-state index is 5.94. The summed E-state index contributed by atoms with van der Waals surface area (Å²) in [6.45, 7) is 4.45. The number of nitrogens with one attached hydrogen (secondary N) is 2. The molecule has 0 aliphatic carbocycles. The minimum Gasteiger partial charge on any atom is -0.491 e. The zero-order chi connectivity index (χ0) is 19.8. The molecule has 0 saturated carbocycles. The lowest BCUT2D eigenvalue weighted by Crippen LogP contribution is -2.36. The summed E-state index contributed by atoms with van der Waals surface area (Å²) in [6, 6.07) is 16.1. The van der Waals surface area contributed by atoms with Crippen molar-refractivity contribution in [3.8, 4) is 5.75 Å². The molecule has 0 atom stereocenters. The van der Waals surface area contributed by atoms with Crippen molar-refractivity contribution in [1.29, 1.82) is 0 Å². The third kappa shape index (κ3) is 5.04. The van der Waals surface area contributed by atoms with Gasteiger partial charge in [0.25, 0.3) is 0 Å². The lowest BCUT2D eigenvalue weighted by atomic mass is 10.1. The summed E-state index contributed by atoms with van der Waals surface area (Å²) in [6.07, 6.45) is 0. The van der Waals surface area contributed by atoms with Crippen LogP contribution in [0.15, 0.2) is 57.9 Å². The van der Waals surface area contributed by atoms with E-state index in [1.165, 1.54) is 0 Å². The number of guanidine groups is 1. The fourth-order valence-electron chi connectivity index (χ4n) is 2.91. The van der Waals surface area contributed by atoms with Crippen LogP contribution in [0.4, 0.5) is 0 Å². The Morgan fingerprint density at radius 2 is 1.75 bits per heavy atom. The zero-order valence-corrected chi connectivity index (χ0v) is 16.6. The Bertz CT molecular complexity index is 916. The second kappa shape index (κ2) is 9.80. The molecular formula is C22H27N3O3. The monoisotopic (exact) mass is 381 g/mol. The molecule has 1 aromatic heterocycles. The lowest BCUT2D eigenvalue weighted by molar-refractivity contribution is 0.146. The van der Waals surface area contributed by atoms with Crippen molar-refractivity contribution < 1.29 is 13.9 Å². The molecular weight excluding hydrogens is 354 g/mol. The third-order valence-corrected chi connectivity index (χ3v) is 4.52. The van der Waals surface area contributed by atoms with Crippen molar-refractivity contribution in [2.45, 2.75) is 20.0 Å². The van der Waals surface area contributed by atoms with Crippen LogP contribution in [0.3, 0.4) is 0 Å². The Kier molecular flexibility index (Phi) is 6.92. The molecule has 1 heterocycles. The first kappa shape index (κ1) is 19.8. The number of hydrogen-bond acceptors (Lipinski definition) is 4. The predicted octanol–water partition coefficient (Wildman–Crippen LogP) is 3.63. The molecule has 0 aliphatic rings. The van der Waals surface area contributed by atoms with Gasteiger partial charge in [0.05, 0.1) is 13.2 Å². The number of aliphatic imine (C=N–C) groups is 1. The Morgan fingerprint density at radius 1 is 1.00 bits per heavy atom. The van der Waals surface area contributed by atoms with E-state index in [1.54, 1.807) is 14.2 Å². The first-order valence-corrected chi connectivity index (χ1v) is 9.33. The van der Waals surface area contributed by atoms with Crippen molar-refractivity contribution in [1.82, 2.24) is 10.6 Å². The zero-order valence-electron chi connectivity index (χ0n) is 16.6. The minimum atomic E-state index is 0.547. The van der Waals surface area contributed by atoms with Gasteiger partial charge < -0.3 is 24.5 Å². The van der Waals surface area contributed by atoms with E-state index in [2.05, 4.69) is 28.6 Å². The summed E-state index contributed by atoms with van der Waals surface area (Å²) < 4.78 is 16.5. The van der Waals surface area contributed by atoms with Crippen LogP contribution in [-0.2, 0) is 17.8 Å². The van der Waals surface area contributed by atoms with Crippen molar-refractivity contribution in [3.05, 3.63) is 65.4 Å². The summed E-state index contributed by atoms with van der Waals surface area (Å²) in [4.78, 5) is 4.28. The number of rotatable bonds is 8. The molecule has 2 N–H and O–H groups in total. The summed E-state index contributed by atoms with van der Waals surface area (Å²) in [5, 5.41) is 7.78. The fraction of sp³-hybridized carbons (Fsp3) is 0.318. The maximum atomic E-state index is 5.94. The van der Waals surface area contributed by atoms with Gasteiger partial charge in [-0.3, -0.25) is 4.99 Å². The molecule has 2 aromatic carbocycles. The number of benzene rings is 2. The Morgan fingerprint density at radius 3 is 2.46 bits per heavy atom. The van der Waals surface area contributed by atoms with Gasteiger partial charge in [-0.1, -0.05) is 30.3 Å². The number of furan rings is 1. The summed E-state index contributed by atoms with van der Waals surface area (Å²) in [5.41, 5.74) is 3.21. The molecule has 0 unspecified atom stereocenters. The Labute approximate surface area is 165 Å². The highest BCUT2D eigenvalue weighted by Crippen LogP contribution is 2.24. The second-order valence-corrected chi connectivity index (χ2v) is 6.41. The second-order valence-electron chi connectivity index (χ2n) is 6.41. The van der Waals surface area contributed by atoms with E-state index in [-0.39, 0.29) is 0 Å². The number of para-hydroxylation sites is 1. The topological polar surface area (TPSA) is 68.0 Å². The molecule has 0 saturated heterocycles. The quantitative estimate of drug-likeness (QED) is 0.354. The third-order valence-electron chi connectivity index (χ3n) is 4.52. The maximum Gasteiger partial charge on any atom is 0.191 e. The molecule has 0 radical (unpaired) electrons. The van der Waals surface area contributed by atoms with E-state index in [4.69, 9.17) is 13.9 Å². The number of fused-ring (bicyclic) bond motifs is 1. The van der Waals surface area contributed by atoms with Crippen molar-refractivity contribution in [3.63, 3.8) is 0 Å². The van der Waals surface area contributed by atoms with Gasteiger partial charge >= 0.3 is 0 Å². The van der Waals surface area contributed by atoms with Gasteiger partial charge in [-0.15, -0.1) is 0 Å². The highest BCUT2D eigenvalue weighted by atomic mass is 16.5. The number of methoxy groups -OCH3 is 1. The first-order valence-electron chi connectivity index (χ1n) is 9.33. The molecule has 0 spiro atoms. The van der Waals surface area contributed by atoms with Gasteiger partial charge in [-0.25, -0.2) is 0 Å². The van der Waals surface area contributed by atoms with E-state index in [0.29, 0.717) is 26.3 Å². The van der Waals surface area contributed by atoms with Crippen molar-refractivity contribution >= 4 is 16.9 Å². The van der Waals surface area contributed by atoms with Gasteiger partial charge in [0, 0.05) is 31.7 Å². The molecule has 0 aliphatic heterocycles. The molecule has 6 nitrogen and oxygen atoms in total. The van der Waals surface area contributed by atoms with E-state index >= 15 is 0 Å². The Balaban J connectivity index is 1.51. The average molecular weight is 381 g/mol. The van der Waals surface area contributed by atoms with E-state index in [0.717, 1.165) is 39.6 Å². The van der Waals surface area contributed by atoms with E-state index < -0.39 is 0 Å². The van der Waals surface area contributed by atoms with Crippen LogP contribution in [0, 0.1) is 6.92 Å². The largest absolute Gasteiger partial charge is 0.491 e. The molecule has 0 fully saturated rings. The molecule has 0 bridgehead atoms. The van der Waals surface area contributed by atoms with Crippen LogP contribution in [0.25, 0.3) is 11.0 Å². The van der Waals surface area contributed by atoms with Crippen LogP contribution < -0.4 is 15.4 Å². The van der Waals surface area contributed by atoms with Crippen molar-refractivity contribution in [2.75, 3.05) is 27.4 Å². The highest BCUT2D eigenvalue weighted by Gasteiger charge is 2.10. The SMILES string of the molecule is CN=C(NCc1ccc(OCCOC)cc1)NCc1oc2ccccc2c1C. The van der Waals surface area contributed by atoms with E-state index in [1.807, 2.05) is 42.5 Å². The summed E-state index contributed by atoms with van der Waals surface area (Å²) in [5.74, 6) is 2.48. The van der Waals surface area contributed by atoms with Crippen LogP contribution in [0.5, 0.6) is 5.75 Å². The normalized spacial score (nSPS) is 11.6. The lowest BCUT2D eigenvalue weighted by Gasteiger charge is -2.12. The van der Waals surface area contributed by atoms with Crippen LogP contribution >= 0.6 is 0 Å². The smallest absolute Gasteiger partial charge is 0.191 e. The number of ether oxygens (including phenoxy) is 2. The van der Waals surface area contributed by atoms with Gasteiger partial charge in [0.15, 0.2) is 5.96 Å². The first-order chi connectivity index (χ1) is 13.7. The molecule has 3 rings (SSSR count). The van der Waals surface area contributed by atoms with Crippen LogP contribution in [0.1, 0.15) is 16.9 Å². The van der Waals surface area contributed by atoms with Gasteiger partial charge in [0.2, 0.25) is 0 Å². The molecule has 3 aromatic rings. The van der Waals surface area contributed by atoms with E-state index in [9.17, 15) is 0 Å². The molecule has 148 valence electrons. The fourth-order valence-corrected chi connectivity index (χ4v) is 2.91. The van der Waals surface area contributed by atoms with Crippen LogP contribution in [0.2, 0.25) is 0 Å². The molecule has 28 heavy (non-hydrogen) atoms. The van der Waals surface area contributed by atoms with Crippen molar-refractivity contribution in [2.24, 2.45) is 4.99 Å². The number of hydrogen-bond donors (Lipinski definition) is 2. The average Bonchev–Trinajstić information content (AvgIpc) is 3.05. The predicted molar refractivity (Wildman–Crippen MR) is 112 cm³/mol. The molecule has 0 amide bonds. The standard InChI is InChI=1S/C22H27N3O3/c1-16-19-6-4-5-7-20(19)28-21(16)15-25-22(23-2)24-14-17-8-10-18(11-9-17)27-13-12-26-3/h4-11H,12-15H2,1-3H3,(H2,23,24,25). The van der Waals surface area contributed by atoms with Crippen LogP contribution in [-0.4, -0.2) is 33.3 Å². The Hall–Kier alpha value is -2.99. The summed E-state index contributed by atoms with van der Waals surface area (Å²) >= 11 is 0. The minimum absolute atomic E-state index is 0.547. The highest BCUT2D eigenvalue weighted by molar-refractivity contribution is 5.82.